The van der Waals surface area contributed by atoms with E-state index in [1.54, 1.807) is 11.6 Å². The van der Waals surface area contributed by atoms with Gasteiger partial charge in [0.05, 0.1) is 5.57 Å². The van der Waals surface area contributed by atoms with E-state index in [0.29, 0.717) is 42.5 Å². The number of anilines is 1. The molecule has 1 atom stereocenters. The molecule has 4 N–H and O–H groups in total. The molecule has 160 valence electrons. The largest absolute Gasteiger partial charge is 0.489 e. The molecule has 0 bridgehead atoms. The third kappa shape index (κ3) is 4.44. The molecule has 1 aliphatic heterocycles. The number of aromatic nitrogens is 3. The molecule has 1 aromatic heterocycles. The second-order valence-electron chi connectivity index (χ2n) is 7.40. The van der Waals surface area contributed by atoms with Crippen LogP contribution in [-0.2, 0) is 17.8 Å². The van der Waals surface area contributed by atoms with Crippen molar-refractivity contribution in [3.63, 3.8) is 0 Å². The van der Waals surface area contributed by atoms with Gasteiger partial charge in [-0.25, -0.2) is 4.68 Å². The molecule has 0 spiro atoms. The number of primary amides is 1. The van der Waals surface area contributed by atoms with Crippen molar-refractivity contribution < 1.29 is 14.6 Å². The second kappa shape index (κ2) is 9.01. The topological polar surface area (TPSA) is 115 Å². The standard InChI is InChI=1S/C23H25N5O3/c1-15-20(22(24)30)21(28-23(25-15)26-19(27-28)8-5-13-29)17-9-11-18(12-10-17)31-14-16-6-3-2-4-7-16/h2-4,6-7,9-12,21,29H,5,8,13-14H2,1H3,(H2,24,30)(H,25,26,27)/t21-/m0/s1. The lowest BCUT2D eigenvalue weighted by Gasteiger charge is -2.27. The third-order valence-corrected chi connectivity index (χ3v) is 5.16. The Balaban J connectivity index is 1.61. The van der Waals surface area contributed by atoms with Crippen molar-refractivity contribution in [2.24, 2.45) is 5.73 Å². The number of nitrogens with zero attached hydrogens (tertiary/aromatic N) is 3. The zero-order chi connectivity index (χ0) is 21.8. The smallest absolute Gasteiger partial charge is 0.248 e. The van der Waals surface area contributed by atoms with Crippen LogP contribution in [0, 0.1) is 0 Å². The van der Waals surface area contributed by atoms with Crippen LogP contribution in [0.25, 0.3) is 0 Å². The molecule has 0 radical (unpaired) electrons. The van der Waals surface area contributed by atoms with Gasteiger partial charge >= 0.3 is 0 Å². The molecule has 0 saturated heterocycles. The predicted molar refractivity (Wildman–Crippen MR) is 116 cm³/mol. The van der Waals surface area contributed by atoms with Crippen LogP contribution >= 0.6 is 0 Å². The Morgan fingerprint density at radius 2 is 1.94 bits per heavy atom. The van der Waals surface area contributed by atoms with Crippen molar-refractivity contribution in [2.45, 2.75) is 32.4 Å². The Bertz CT molecular complexity index is 1090. The molecule has 8 nitrogen and oxygen atoms in total. The number of amides is 1. The highest BCUT2D eigenvalue weighted by molar-refractivity contribution is 5.95. The molecular weight excluding hydrogens is 394 g/mol. The summed E-state index contributed by atoms with van der Waals surface area (Å²) in [5.41, 5.74) is 8.73. The monoisotopic (exact) mass is 419 g/mol. The molecule has 31 heavy (non-hydrogen) atoms. The number of aliphatic hydroxyl groups excluding tert-OH is 1. The summed E-state index contributed by atoms with van der Waals surface area (Å²) >= 11 is 0. The van der Waals surface area contributed by atoms with Gasteiger partial charge in [-0.15, -0.1) is 0 Å². The molecule has 1 amide bonds. The molecule has 4 rings (SSSR count). The Labute approximate surface area is 180 Å². The molecular formula is C23H25N5O3. The maximum absolute atomic E-state index is 12.3. The predicted octanol–water partition coefficient (Wildman–Crippen LogP) is 2.56. The first kappa shape index (κ1) is 20.6. The number of nitrogens with one attached hydrogen (secondary N) is 1. The average Bonchev–Trinajstić information content (AvgIpc) is 3.18. The lowest BCUT2D eigenvalue weighted by atomic mass is 9.95. The van der Waals surface area contributed by atoms with Gasteiger partial charge in [0.1, 0.15) is 18.4 Å². The summed E-state index contributed by atoms with van der Waals surface area (Å²) in [6.45, 7) is 2.34. The summed E-state index contributed by atoms with van der Waals surface area (Å²) in [7, 11) is 0. The van der Waals surface area contributed by atoms with Crippen LogP contribution in [0.5, 0.6) is 5.75 Å². The van der Waals surface area contributed by atoms with Crippen LogP contribution in [-0.4, -0.2) is 32.4 Å². The number of carbonyl (C=O) groups excluding carboxylic acids is 1. The van der Waals surface area contributed by atoms with E-state index in [0.717, 1.165) is 16.9 Å². The van der Waals surface area contributed by atoms with Crippen molar-refractivity contribution >= 4 is 11.9 Å². The van der Waals surface area contributed by atoms with E-state index in [9.17, 15) is 4.79 Å². The number of hydrogen-bond acceptors (Lipinski definition) is 6. The maximum atomic E-state index is 12.3. The molecule has 0 unspecified atom stereocenters. The molecule has 8 heteroatoms. The molecule has 2 heterocycles. The van der Waals surface area contributed by atoms with Gasteiger partial charge < -0.3 is 20.9 Å². The highest BCUT2D eigenvalue weighted by Crippen LogP contribution is 2.35. The lowest BCUT2D eigenvalue weighted by Crippen LogP contribution is -2.31. The summed E-state index contributed by atoms with van der Waals surface area (Å²) in [5, 5.41) is 16.8. The van der Waals surface area contributed by atoms with Crippen LogP contribution in [0.3, 0.4) is 0 Å². The average molecular weight is 419 g/mol. The minimum absolute atomic E-state index is 0.0645. The summed E-state index contributed by atoms with van der Waals surface area (Å²) in [4.78, 5) is 16.8. The van der Waals surface area contributed by atoms with Gasteiger partial charge in [0, 0.05) is 18.7 Å². The van der Waals surface area contributed by atoms with Gasteiger partial charge in [0.25, 0.3) is 0 Å². The maximum Gasteiger partial charge on any atom is 0.248 e. The zero-order valence-corrected chi connectivity index (χ0v) is 17.3. The van der Waals surface area contributed by atoms with Gasteiger partial charge in [-0.1, -0.05) is 42.5 Å². The van der Waals surface area contributed by atoms with E-state index >= 15 is 0 Å². The lowest BCUT2D eigenvalue weighted by molar-refractivity contribution is -0.115. The number of fused-ring (bicyclic) bond motifs is 1. The Morgan fingerprint density at radius 3 is 2.61 bits per heavy atom. The number of aryl methyl sites for hydroxylation is 1. The van der Waals surface area contributed by atoms with E-state index in [4.69, 9.17) is 15.6 Å². The van der Waals surface area contributed by atoms with Gasteiger partial charge in [-0.2, -0.15) is 10.1 Å². The van der Waals surface area contributed by atoms with E-state index in [-0.39, 0.29) is 6.61 Å². The summed E-state index contributed by atoms with van der Waals surface area (Å²) < 4.78 is 7.55. The number of carbonyl (C=O) groups is 1. The first-order chi connectivity index (χ1) is 15.1. The number of hydrogen-bond donors (Lipinski definition) is 3. The number of rotatable bonds is 8. The minimum Gasteiger partial charge on any atom is -0.489 e. The van der Waals surface area contributed by atoms with Gasteiger partial charge in [-0.05, 0) is 36.6 Å². The molecule has 0 fully saturated rings. The molecule has 0 aliphatic carbocycles. The van der Waals surface area contributed by atoms with Crippen LogP contribution in [0.1, 0.15) is 36.3 Å². The van der Waals surface area contributed by atoms with E-state index in [1.165, 1.54) is 0 Å². The number of benzene rings is 2. The minimum atomic E-state index is -0.516. The summed E-state index contributed by atoms with van der Waals surface area (Å²) in [6.07, 6.45) is 1.11. The quantitative estimate of drug-likeness (QED) is 0.517. The van der Waals surface area contributed by atoms with Crippen molar-refractivity contribution in [1.29, 1.82) is 0 Å². The number of nitrogens with two attached hydrogens (primary N) is 1. The van der Waals surface area contributed by atoms with Gasteiger partial charge in [0.15, 0.2) is 5.82 Å². The van der Waals surface area contributed by atoms with Crippen LogP contribution in [0.2, 0.25) is 0 Å². The molecule has 2 aromatic carbocycles. The fraction of sp³-hybridized carbons (Fsp3) is 0.261. The first-order valence-corrected chi connectivity index (χ1v) is 10.2. The number of ether oxygens (including phenoxy) is 1. The highest BCUT2D eigenvalue weighted by atomic mass is 16.5. The Morgan fingerprint density at radius 1 is 1.19 bits per heavy atom. The van der Waals surface area contributed by atoms with E-state index in [2.05, 4.69) is 15.4 Å². The fourth-order valence-corrected chi connectivity index (χ4v) is 3.65. The van der Waals surface area contributed by atoms with Crippen molar-refractivity contribution in [2.75, 3.05) is 11.9 Å². The van der Waals surface area contributed by atoms with Crippen molar-refractivity contribution in [3.05, 3.63) is 82.8 Å². The normalized spacial score (nSPS) is 15.4. The summed E-state index contributed by atoms with van der Waals surface area (Å²) in [6, 6.07) is 17.0. The van der Waals surface area contributed by atoms with Crippen LogP contribution < -0.4 is 15.8 Å². The fourth-order valence-electron chi connectivity index (χ4n) is 3.65. The number of allylic oxidation sites excluding steroid dienone is 1. The highest BCUT2D eigenvalue weighted by Gasteiger charge is 2.33. The Hall–Kier alpha value is -3.65. The molecule has 3 aromatic rings. The van der Waals surface area contributed by atoms with Crippen LogP contribution in [0.15, 0.2) is 65.9 Å². The number of aliphatic hydroxyl groups is 1. The zero-order valence-electron chi connectivity index (χ0n) is 17.3. The molecule has 0 saturated carbocycles. The van der Waals surface area contributed by atoms with Crippen LogP contribution in [0.4, 0.5) is 5.95 Å². The van der Waals surface area contributed by atoms with E-state index in [1.807, 2.05) is 54.6 Å². The third-order valence-electron chi connectivity index (χ3n) is 5.16. The second-order valence-corrected chi connectivity index (χ2v) is 7.40. The van der Waals surface area contributed by atoms with Gasteiger partial charge in [0.2, 0.25) is 11.9 Å². The van der Waals surface area contributed by atoms with E-state index < -0.39 is 11.9 Å². The van der Waals surface area contributed by atoms with Crippen molar-refractivity contribution in [3.8, 4) is 5.75 Å². The summed E-state index contributed by atoms with van der Waals surface area (Å²) in [5.74, 6) is 1.36. The Kier molecular flexibility index (Phi) is 5.99. The molecule has 1 aliphatic rings. The van der Waals surface area contributed by atoms with Gasteiger partial charge in [-0.3, -0.25) is 4.79 Å². The SMILES string of the molecule is CC1=C(C(N)=O)[C@H](c2ccc(OCc3ccccc3)cc2)n2nc(CCCO)nc2N1. The van der Waals surface area contributed by atoms with Crippen molar-refractivity contribution in [1.82, 2.24) is 14.8 Å². The first-order valence-electron chi connectivity index (χ1n) is 10.2.